The number of nitrogens with one attached hydrogen (secondary N) is 1. The molecule has 1 aromatic heterocycles. The zero-order valence-corrected chi connectivity index (χ0v) is 10.2. The van der Waals surface area contributed by atoms with Crippen LogP contribution in [0.4, 0.5) is 0 Å². The molecule has 1 heterocycles. The second kappa shape index (κ2) is 5.77. The summed E-state index contributed by atoms with van der Waals surface area (Å²) in [5, 5.41) is 3.10. The van der Waals surface area contributed by atoms with Crippen molar-refractivity contribution < 1.29 is 4.79 Å². The molecule has 4 nitrogen and oxygen atoms in total. The van der Waals surface area contributed by atoms with Gasteiger partial charge in [0.05, 0.1) is 12.4 Å². The molecule has 0 fully saturated rings. The van der Waals surface area contributed by atoms with E-state index in [1.54, 1.807) is 0 Å². The summed E-state index contributed by atoms with van der Waals surface area (Å²) in [5.74, 6) is 0.311. The third kappa shape index (κ3) is 3.53. The van der Waals surface area contributed by atoms with Crippen molar-refractivity contribution in [3.63, 3.8) is 0 Å². The maximum Gasteiger partial charge on any atom is 0.271 e. The molecular formula is C12H14ClN3O. The molecule has 1 aromatic rings. The summed E-state index contributed by atoms with van der Waals surface area (Å²) >= 11 is 5.68. The first-order valence-electron chi connectivity index (χ1n) is 5.66. The molecule has 0 spiro atoms. The molecule has 1 aliphatic rings. The Kier molecular flexibility index (Phi) is 4.09. The molecule has 0 saturated heterocycles. The predicted molar refractivity (Wildman–Crippen MR) is 65.9 cm³/mol. The largest absolute Gasteiger partial charge is 0.350 e. The van der Waals surface area contributed by atoms with Gasteiger partial charge in [-0.2, -0.15) is 0 Å². The van der Waals surface area contributed by atoms with Crippen LogP contribution in [-0.4, -0.2) is 22.4 Å². The van der Waals surface area contributed by atoms with E-state index in [1.165, 1.54) is 12.4 Å². The topological polar surface area (TPSA) is 54.9 Å². The predicted octanol–water partition coefficient (Wildman–Crippen LogP) is 2.22. The van der Waals surface area contributed by atoms with Gasteiger partial charge in [0.1, 0.15) is 10.8 Å². The van der Waals surface area contributed by atoms with Gasteiger partial charge in [-0.05, 0) is 25.2 Å². The second-order valence-electron chi connectivity index (χ2n) is 4.09. The van der Waals surface area contributed by atoms with Gasteiger partial charge in [0.15, 0.2) is 0 Å². The average molecular weight is 252 g/mol. The van der Waals surface area contributed by atoms with Crippen LogP contribution in [0, 0.1) is 5.92 Å². The summed E-state index contributed by atoms with van der Waals surface area (Å²) in [6, 6.07) is 0. The van der Waals surface area contributed by atoms with E-state index in [0.29, 0.717) is 12.5 Å². The fourth-order valence-corrected chi connectivity index (χ4v) is 1.97. The summed E-state index contributed by atoms with van der Waals surface area (Å²) in [6.45, 7) is 0.678. The Balaban J connectivity index is 1.87. The first-order chi connectivity index (χ1) is 8.25. The number of nitrogens with zero attached hydrogens (tertiary/aromatic N) is 2. The standard InChI is InChI=1S/C12H14ClN3O/c13-11-8-14-7-10(16-11)12(17)15-6-9-4-2-1-3-5-9/h1-2,7-9H,3-6H2,(H,15,17). The highest BCUT2D eigenvalue weighted by molar-refractivity contribution is 6.29. The molecular weight excluding hydrogens is 238 g/mol. The van der Waals surface area contributed by atoms with Crippen LogP contribution in [0.2, 0.25) is 5.15 Å². The summed E-state index contributed by atoms with van der Waals surface area (Å²) in [6.07, 6.45) is 10.4. The Bertz CT molecular complexity index is 434. The van der Waals surface area contributed by atoms with Gasteiger partial charge >= 0.3 is 0 Å². The Morgan fingerprint density at radius 3 is 3.06 bits per heavy atom. The Hall–Kier alpha value is -1.42. The van der Waals surface area contributed by atoms with E-state index in [0.717, 1.165) is 19.3 Å². The number of hydrogen-bond donors (Lipinski definition) is 1. The number of aromatic nitrogens is 2. The molecule has 0 radical (unpaired) electrons. The number of rotatable bonds is 3. The molecule has 1 atom stereocenters. The van der Waals surface area contributed by atoms with Crippen LogP contribution in [0.15, 0.2) is 24.5 Å². The minimum absolute atomic E-state index is 0.213. The van der Waals surface area contributed by atoms with E-state index in [1.807, 2.05) is 0 Å². The van der Waals surface area contributed by atoms with Gasteiger partial charge in [-0.1, -0.05) is 23.8 Å². The highest BCUT2D eigenvalue weighted by atomic mass is 35.5. The zero-order valence-electron chi connectivity index (χ0n) is 9.40. The molecule has 1 N–H and O–H groups in total. The molecule has 1 aliphatic carbocycles. The van der Waals surface area contributed by atoms with Crippen LogP contribution < -0.4 is 5.32 Å². The third-order valence-corrected chi connectivity index (χ3v) is 2.95. The molecule has 1 amide bonds. The third-order valence-electron chi connectivity index (χ3n) is 2.77. The van der Waals surface area contributed by atoms with Gasteiger partial charge in [0.25, 0.3) is 5.91 Å². The van der Waals surface area contributed by atoms with Crippen LogP contribution in [-0.2, 0) is 0 Å². The van der Waals surface area contributed by atoms with Gasteiger partial charge in [-0.3, -0.25) is 9.78 Å². The summed E-state index contributed by atoms with van der Waals surface area (Å²) < 4.78 is 0. The molecule has 90 valence electrons. The fraction of sp³-hybridized carbons (Fsp3) is 0.417. The van der Waals surface area contributed by atoms with Crippen molar-refractivity contribution in [2.24, 2.45) is 5.92 Å². The van der Waals surface area contributed by atoms with Crippen molar-refractivity contribution in [2.45, 2.75) is 19.3 Å². The molecule has 1 unspecified atom stereocenters. The van der Waals surface area contributed by atoms with Crippen molar-refractivity contribution in [3.8, 4) is 0 Å². The SMILES string of the molecule is O=C(NCC1CC=CCC1)c1cncc(Cl)n1. The Morgan fingerprint density at radius 2 is 2.35 bits per heavy atom. The first kappa shape index (κ1) is 12.0. The molecule has 0 saturated carbocycles. The molecule has 0 bridgehead atoms. The molecule has 5 heteroatoms. The van der Waals surface area contributed by atoms with E-state index in [4.69, 9.17) is 11.6 Å². The van der Waals surface area contributed by atoms with Crippen LogP contribution in [0.1, 0.15) is 29.8 Å². The highest BCUT2D eigenvalue weighted by Gasteiger charge is 2.13. The quantitative estimate of drug-likeness (QED) is 0.838. The van der Waals surface area contributed by atoms with Crippen LogP contribution in [0.25, 0.3) is 0 Å². The van der Waals surface area contributed by atoms with Crippen LogP contribution >= 0.6 is 11.6 Å². The number of amides is 1. The smallest absolute Gasteiger partial charge is 0.271 e. The lowest BCUT2D eigenvalue weighted by molar-refractivity contribution is 0.0941. The lowest BCUT2D eigenvalue weighted by Crippen LogP contribution is -2.30. The van der Waals surface area contributed by atoms with Crippen LogP contribution in [0.3, 0.4) is 0 Å². The number of carbonyl (C=O) groups is 1. The number of hydrogen-bond acceptors (Lipinski definition) is 3. The normalized spacial score (nSPS) is 19.0. The summed E-state index contributed by atoms with van der Waals surface area (Å²) in [7, 11) is 0. The highest BCUT2D eigenvalue weighted by Crippen LogP contribution is 2.16. The maximum absolute atomic E-state index is 11.7. The minimum Gasteiger partial charge on any atom is -0.350 e. The summed E-state index contributed by atoms with van der Waals surface area (Å²) in [4.78, 5) is 19.5. The Morgan fingerprint density at radius 1 is 1.47 bits per heavy atom. The van der Waals surface area contributed by atoms with Gasteiger partial charge in [0, 0.05) is 6.54 Å². The van der Waals surface area contributed by atoms with Gasteiger partial charge < -0.3 is 5.32 Å². The lowest BCUT2D eigenvalue weighted by Gasteiger charge is -2.17. The second-order valence-corrected chi connectivity index (χ2v) is 4.47. The van der Waals surface area contributed by atoms with E-state index in [2.05, 4.69) is 27.4 Å². The van der Waals surface area contributed by atoms with Gasteiger partial charge in [-0.15, -0.1) is 0 Å². The van der Waals surface area contributed by atoms with E-state index < -0.39 is 0 Å². The van der Waals surface area contributed by atoms with E-state index in [9.17, 15) is 4.79 Å². The number of allylic oxidation sites excluding steroid dienone is 2. The lowest BCUT2D eigenvalue weighted by atomic mass is 9.94. The van der Waals surface area contributed by atoms with Gasteiger partial charge in [0.2, 0.25) is 0 Å². The van der Waals surface area contributed by atoms with Crippen molar-refractivity contribution in [2.75, 3.05) is 6.54 Å². The number of carbonyl (C=O) groups excluding carboxylic acids is 1. The van der Waals surface area contributed by atoms with Crippen molar-refractivity contribution in [1.29, 1.82) is 0 Å². The monoisotopic (exact) mass is 251 g/mol. The maximum atomic E-state index is 11.7. The van der Waals surface area contributed by atoms with E-state index in [-0.39, 0.29) is 16.8 Å². The van der Waals surface area contributed by atoms with Crippen molar-refractivity contribution in [3.05, 3.63) is 35.4 Å². The molecule has 0 aliphatic heterocycles. The zero-order chi connectivity index (χ0) is 12.1. The van der Waals surface area contributed by atoms with Crippen molar-refractivity contribution >= 4 is 17.5 Å². The average Bonchev–Trinajstić information content (AvgIpc) is 2.37. The van der Waals surface area contributed by atoms with Gasteiger partial charge in [-0.25, -0.2) is 4.98 Å². The molecule has 0 aromatic carbocycles. The molecule has 2 rings (SSSR count). The molecule has 17 heavy (non-hydrogen) atoms. The Labute approximate surface area is 105 Å². The minimum atomic E-state index is -0.213. The fourth-order valence-electron chi connectivity index (χ4n) is 1.82. The first-order valence-corrected chi connectivity index (χ1v) is 6.04. The number of halogens is 1. The van der Waals surface area contributed by atoms with Crippen molar-refractivity contribution in [1.82, 2.24) is 15.3 Å². The van der Waals surface area contributed by atoms with Crippen LogP contribution in [0.5, 0.6) is 0 Å². The van der Waals surface area contributed by atoms with E-state index >= 15 is 0 Å². The summed E-state index contributed by atoms with van der Waals surface area (Å²) in [5.41, 5.74) is 0.267.